The molecule has 0 saturated heterocycles. The van der Waals surface area contributed by atoms with Gasteiger partial charge in [-0.1, -0.05) is 43.3 Å². The summed E-state index contributed by atoms with van der Waals surface area (Å²) >= 11 is 0. The zero-order chi connectivity index (χ0) is 18.8. The maximum absolute atomic E-state index is 12.3. The summed E-state index contributed by atoms with van der Waals surface area (Å²) < 4.78 is 10.9. The lowest BCUT2D eigenvalue weighted by Gasteiger charge is -2.10. The van der Waals surface area contributed by atoms with Gasteiger partial charge in [0.05, 0.1) is 13.7 Å². The monoisotopic (exact) mass is 350 g/mol. The number of rotatable bonds is 8. The van der Waals surface area contributed by atoms with Crippen molar-refractivity contribution in [2.75, 3.05) is 13.7 Å². The lowest BCUT2D eigenvalue weighted by molar-refractivity contribution is -0.117. The van der Waals surface area contributed by atoms with E-state index >= 15 is 0 Å². The van der Waals surface area contributed by atoms with E-state index in [-0.39, 0.29) is 5.57 Å². The van der Waals surface area contributed by atoms with Crippen LogP contribution in [0.25, 0.3) is 6.08 Å². The molecule has 0 saturated carbocycles. The van der Waals surface area contributed by atoms with Crippen LogP contribution in [-0.4, -0.2) is 19.6 Å². The van der Waals surface area contributed by atoms with Crippen molar-refractivity contribution in [3.05, 3.63) is 65.2 Å². The van der Waals surface area contributed by atoms with Crippen molar-refractivity contribution in [1.29, 1.82) is 5.26 Å². The number of ether oxygens (including phenoxy) is 2. The topological polar surface area (TPSA) is 71.3 Å². The van der Waals surface area contributed by atoms with Crippen LogP contribution in [0.1, 0.15) is 24.5 Å². The van der Waals surface area contributed by atoms with E-state index in [4.69, 9.17) is 9.47 Å². The van der Waals surface area contributed by atoms with Crippen LogP contribution >= 0.6 is 0 Å². The summed E-state index contributed by atoms with van der Waals surface area (Å²) in [4.78, 5) is 12.3. The van der Waals surface area contributed by atoms with E-state index in [9.17, 15) is 10.1 Å². The highest BCUT2D eigenvalue weighted by Gasteiger charge is 2.10. The number of hydrogen-bond acceptors (Lipinski definition) is 4. The largest absolute Gasteiger partial charge is 0.493 e. The summed E-state index contributed by atoms with van der Waals surface area (Å²) in [5.74, 6) is 0.786. The first-order chi connectivity index (χ1) is 12.7. The van der Waals surface area contributed by atoms with Gasteiger partial charge in [0.1, 0.15) is 11.6 Å². The molecule has 0 unspecified atom stereocenters. The van der Waals surface area contributed by atoms with Gasteiger partial charge in [0.25, 0.3) is 5.91 Å². The lowest BCUT2D eigenvalue weighted by Crippen LogP contribution is -2.23. The summed E-state index contributed by atoms with van der Waals surface area (Å²) in [5, 5.41) is 12.1. The van der Waals surface area contributed by atoms with Crippen LogP contribution in [0.15, 0.2) is 54.1 Å². The molecule has 1 N–H and O–H groups in total. The number of nitrogens with one attached hydrogen (secondary N) is 1. The third-order valence-corrected chi connectivity index (χ3v) is 3.62. The van der Waals surface area contributed by atoms with Crippen molar-refractivity contribution in [3.63, 3.8) is 0 Å². The highest BCUT2D eigenvalue weighted by atomic mass is 16.5. The fourth-order valence-corrected chi connectivity index (χ4v) is 2.29. The molecule has 5 heteroatoms. The molecular weight excluding hydrogens is 328 g/mol. The van der Waals surface area contributed by atoms with E-state index in [2.05, 4.69) is 5.32 Å². The number of hydrogen-bond donors (Lipinski definition) is 1. The Morgan fingerprint density at radius 3 is 2.62 bits per heavy atom. The zero-order valence-electron chi connectivity index (χ0n) is 15.0. The molecule has 0 spiro atoms. The summed E-state index contributed by atoms with van der Waals surface area (Å²) in [6.07, 6.45) is 2.43. The Kier molecular flexibility index (Phi) is 7.26. The normalized spacial score (nSPS) is 10.7. The number of carbonyl (C=O) groups excluding carboxylic acids is 1. The maximum Gasteiger partial charge on any atom is 0.262 e. The van der Waals surface area contributed by atoms with Crippen molar-refractivity contribution in [1.82, 2.24) is 5.32 Å². The summed E-state index contributed by atoms with van der Waals surface area (Å²) in [6, 6.07) is 16.8. The van der Waals surface area contributed by atoms with Crippen molar-refractivity contribution in [2.24, 2.45) is 0 Å². The Morgan fingerprint density at radius 2 is 1.96 bits per heavy atom. The minimum Gasteiger partial charge on any atom is -0.493 e. The van der Waals surface area contributed by atoms with Crippen molar-refractivity contribution in [3.8, 4) is 17.6 Å². The highest BCUT2D eigenvalue weighted by molar-refractivity contribution is 6.01. The Balaban J connectivity index is 2.11. The first-order valence-electron chi connectivity index (χ1n) is 8.42. The molecule has 2 aromatic rings. The van der Waals surface area contributed by atoms with Gasteiger partial charge in [-0.15, -0.1) is 0 Å². The maximum atomic E-state index is 12.3. The SMILES string of the molecule is CCCOc1ccc(/C=C(/C#N)C(=O)NCc2ccccc2)cc1OC. The number of benzene rings is 2. The molecule has 1 amide bonds. The second-order valence-corrected chi connectivity index (χ2v) is 5.60. The standard InChI is InChI=1S/C21H22N2O3/c1-3-11-26-19-10-9-17(13-20(19)25-2)12-18(14-22)21(24)23-15-16-7-5-4-6-8-16/h4-10,12-13H,3,11,15H2,1-2H3,(H,23,24)/b18-12-. The van der Waals surface area contributed by atoms with Gasteiger partial charge < -0.3 is 14.8 Å². The van der Waals surface area contributed by atoms with Crippen LogP contribution in [0.3, 0.4) is 0 Å². The van der Waals surface area contributed by atoms with Crippen LogP contribution < -0.4 is 14.8 Å². The van der Waals surface area contributed by atoms with Gasteiger partial charge in [-0.2, -0.15) is 5.26 Å². The molecule has 0 bridgehead atoms. The molecule has 2 rings (SSSR count). The Morgan fingerprint density at radius 1 is 1.19 bits per heavy atom. The highest BCUT2D eigenvalue weighted by Crippen LogP contribution is 2.29. The first-order valence-corrected chi connectivity index (χ1v) is 8.42. The summed E-state index contributed by atoms with van der Waals surface area (Å²) in [6.45, 7) is 2.99. The van der Waals surface area contributed by atoms with Gasteiger partial charge in [0.15, 0.2) is 11.5 Å². The predicted molar refractivity (Wildman–Crippen MR) is 101 cm³/mol. The van der Waals surface area contributed by atoms with Gasteiger partial charge in [0, 0.05) is 6.54 Å². The van der Waals surface area contributed by atoms with Gasteiger partial charge in [0.2, 0.25) is 0 Å². The number of carbonyl (C=O) groups is 1. The second-order valence-electron chi connectivity index (χ2n) is 5.60. The van der Waals surface area contributed by atoms with E-state index in [1.807, 2.05) is 43.3 Å². The van der Waals surface area contributed by atoms with Crippen molar-refractivity contribution in [2.45, 2.75) is 19.9 Å². The van der Waals surface area contributed by atoms with Crippen LogP contribution in [0.5, 0.6) is 11.5 Å². The number of nitriles is 1. The van der Waals surface area contributed by atoms with E-state index in [1.165, 1.54) is 6.08 Å². The first kappa shape index (κ1) is 19.1. The average molecular weight is 350 g/mol. The van der Waals surface area contributed by atoms with E-state index in [0.29, 0.717) is 30.2 Å². The fourth-order valence-electron chi connectivity index (χ4n) is 2.29. The molecule has 0 atom stereocenters. The minimum atomic E-state index is -0.415. The van der Waals surface area contributed by atoms with Crippen LogP contribution in [-0.2, 0) is 11.3 Å². The van der Waals surface area contributed by atoms with Crippen LogP contribution in [0.2, 0.25) is 0 Å². The molecule has 0 radical (unpaired) electrons. The lowest BCUT2D eigenvalue weighted by atomic mass is 10.1. The molecule has 0 aromatic heterocycles. The van der Waals surface area contributed by atoms with Gasteiger partial charge in [-0.3, -0.25) is 4.79 Å². The third kappa shape index (κ3) is 5.38. The van der Waals surface area contributed by atoms with Crippen molar-refractivity contribution < 1.29 is 14.3 Å². The molecule has 26 heavy (non-hydrogen) atoms. The Bertz CT molecular complexity index is 808. The van der Waals surface area contributed by atoms with Crippen LogP contribution in [0.4, 0.5) is 0 Å². The number of amides is 1. The zero-order valence-corrected chi connectivity index (χ0v) is 15.0. The predicted octanol–water partition coefficient (Wildman–Crippen LogP) is 3.71. The van der Waals surface area contributed by atoms with E-state index in [1.54, 1.807) is 25.3 Å². The quantitative estimate of drug-likeness (QED) is 0.582. The minimum absolute atomic E-state index is 0.0326. The summed E-state index contributed by atoms with van der Waals surface area (Å²) in [7, 11) is 1.55. The molecule has 0 aliphatic rings. The Labute approximate surface area is 153 Å². The number of methoxy groups -OCH3 is 1. The molecular formula is C21H22N2O3. The molecule has 0 aliphatic carbocycles. The Hall–Kier alpha value is -3.26. The molecule has 5 nitrogen and oxygen atoms in total. The molecule has 2 aromatic carbocycles. The van der Waals surface area contributed by atoms with Crippen molar-refractivity contribution >= 4 is 12.0 Å². The fraction of sp³-hybridized carbons (Fsp3) is 0.238. The summed E-state index contributed by atoms with van der Waals surface area (Å²) in [5.41, 5.74) is 1.69. The van der Waals surface area contributed by atoms with E-state index in [0.717, 1.165) is 12.0 Å². The van der Waals surface area contributed by atoms with Crippen LogP contribution in [0, 0.1) is 11.3 Å². The molecule has 134 valence electrons. The smallest absolute Gasteiger partial charge is 0.262 e. The van der Waals surface area contributed by atoms with Gasteiger partial charge in [-0.25, -0.2) is 0 Å². The van der Waals surface area contributed by atoms with E-state index < -0.39 is 5.91 Å². The molecule has 0 heterocycles. The third-order valence-electron chi connectivity index (χ3n) is 3.62. The second kappa shape index (κ2) is 9.90. The molecule has 0 fully saturated rings. The molecule has 0 aliphatic heterocycles. The van der Waals surface area contributed by atoms with Gasteiger partial charge in [-0.05, 0) is 35.8 Å². The van der Waals surface area contributed by atoms with Gasteiger partial charge >= 0.3 is 0 Å². The number of nitrogens with zero attached hydrogens (tertiary/aromatic N) is 1. The average Bonchev–Trinajstić information content (AvgIpc) is 2.69.